The SMILES string of the molecule is CC(=O)O[C@H]1CC[C@@]2(C)C(=CC[C@H]3[C@@H]4CC[C@H](c5nnc(-c6cccnc6)o5)[C@@]4(C)CC[C@@H]32)C1. The highest BCUT2D eigenvalue weighted by molar-refractivity contribution is 5.66. The number of fused-ring (bicyclic) bond motifs is 5. The first-order chi connectivity index (χ1) is 16.4. The van der Waals surface area contributed by atoms with Crippen molar-refractivity contribution >= 4 is 5.97 Å². The molecule has 0 aliphatic heterocycles. The topological polar surface area (TPSA) is 78.1 Å². The van der Waals surface area contributed by atoms with Gasteiger partial charge in [-0.2, -0.15) is 0 Å². The summed E-state index contributed by atoms with van der Waals surface area (Å²) in [5, 5.41) is 8.90. The van der Waals surface area contributed by atoms with Gasteiger partial charge in [-0.3, -0.25) is 9.78 Å². The third kappa shape index (κ3) is 3.36. The van der Waals surface area contributed by atoms with E-state index >= 15 is 0 Å². The number of carbonyl (C=O) groups is 1. The highest BCUT2D eigenvalue weighted by atomic mass is 16.5. The third-order valence-corrected chi connectivity index (χ3v) is 10.0. The van der Waals surface area contributed by atoms with Crippen molar-refractivity contribution in [2.45, 2.75) is 84.2 Å². The lowest BCUT2D eigenvalue weighted by molar-refractivity contribution is -0.148. The van der Waals surface area contributed by atoms with Gasteiger partial charge in [0, 0.05) is 31.7 Å². The Bertz CT molecular complexity index is 1110. The summed E-state index contributed by atoms with van der Waals surface area (Å²) in [5.74, 6) is 3.68. The standard InChI is InChI=1S/C28H35N3O3/c1-17(32)33-20-10-12-27(2)19(15-20)6-7-21-22-8-9-24(28(22,3)13-11-23(21)27)26-31-30-25(34-26)18-5-4-14-29-16-18/h4-6,14,16,20-24H,7-13,15H2,1-3H3/t20-,21-,22-,23-,24+,27-,28-/m0/s1. The lowest BCUT2D eigenvalue weighted by Crippen LogP contribution is -2.50. The highest BCUT2D eigenvalue weighted by Crippen LogP contribution is 2.68. The van der Waals surface area contributed by atoms with Crippen molar-refractivity contribution in [1.29, 1.82) is 0 Å². The molecule has 6 heteroatoms. The Kier molecular flexibility index (Phi) is 5.19. The minimum absolute atomic E-state index is 0.0598. The average Bonchev–Trinajstić information content (AvgIpc) is 3.44. The number of hydrogen-bond acceptors (Lipinski definition) is 6. The zero-order chi connectivity index (χ0) is 23.5. The number of rotatable bonds is 3. The summed E-state index contributed by atoms with van der Waals surface area (Å²) in [6.07, 6.45) is 15.1. The van der Waals surface area contributed by atoms with Crippen LogP contribution < -0.4 is 0 Å². The molecule has 2 aromatic rings. The summed E-state index contributed by atoms with van der Waals surface area (Å²) in [6.45, 7) is 6.51. The molecule has 4 aliphatic carbocycles. The number of hydrogen-bond donors (Lipinski definition) is 0. The van der Waals surface area contributed by atoms with E-state index in [1.807, 2.05) is 12.1 Å². The third-order valence-electron chi connectivity index (χ3n) is 10.0. The monoisotopic (exact) mass is 461 g/mol. The van der Waals surface area contributed by atoms with Crippen LogP contribution in [0.1, 0.15) is 83.9 Å². The summed E-state index contributed by atoms with van der Waals surface area (Å²) in [5.41, 5.74) is 2.88. The maximum Gasteiger partial charge on any atom is 0.302 e. The molecule has 6 nitrogen and oxygen atoms in total. The Balaban J connectivity index is 1.24. The smallest absolute Gasteiger partial charge is 0.302 e. The van der Waals surface area contributed by atoms with Gasteiger partial charge < -0.3 is 9.15 Å². The van der Waals surface area contributed by atoms with Crippen LogP contribution in [-0.4, -0.2) is 27.3 Å². The first-order valence-electron chi connectivity index (χ1n) is 13.0. The molecule has 3 fully saturated rings. The van der Waals surface area contributed by atoms with Gasteiger partial charge in [0.05, 0.1) is 5.56 Å². The van der Waals surface area contributed by atoms with E-state index in [1.54, 1.807) is 18.0 Å². The predicted molar refractivity (Wildman–Crippen MR) is 128 cm³/mol. The molecule has 180 valence electrons. The number of nitrogens with zero attached hydrogens (tertiary/aromatic N) is 3. The molecular weight excluding hydrogens is 426 g/mol. The maximum absolute atomic E-state index is 11.5. The number of carbonyl (C=O) groups excluding carboxylic acids is 1. The molecule has 2 heterocycles. The van der Waals surface area contributed by atoms with E-state index in [0.717, 1.165) is 49.5 Å². The lowest BCUT2D eigenvalue weighted by atomic mass is 9.47. The Labute approximate surface area is 201 Å². The van der Waals surface area contributed by atoms with Gasteiger partial charge in [0.15, 0.2) is 0 Å². The van der Waals surface area contributed by atoms with Gasteiger partial charge in [-0.25, -0.2) is 0 Å². The molecule has 0 bridgehead atoms. The van der Waals surface area contributed by atoms with E-state index in [2.05, 4.69) is 35.1 Å². The largest absolute Gasteiger partial charge is 0.462 e. The molecule has 0 radical (unpaired) electrons. The lowest BCUT2D eigenvalue weighted by Gasteiger charge is -2.57. The summed E-state index contributed by atoms with van der Waals surface area (Å²) >= 11 is 0. The van der Waals surface area contributed by atoms with Crippen molar-refractivity contribution in [3.63, 3.8) is 0 Å². The quantitative estimate of drug-likeness (QED) is 0.405. The van der Waals surface area contributed by atoms with Crippen LogP contribution in [-0.2, 0) is 9.53 Å². The van der Waals surface area contributed by atoms with Crippen LogP contribution in [0.3, 0.4) is 0 Å². The minimum Gasteiger partial charge on any atom is -0.462 e. The molecule has 0 unspecified atom stereocenters. The maximum atomic E-state index is 11.5. The van der Waals surface area contributed by atoms with E-state index in [1.165, 1.54) is 26.2 Å². The van der Waals surface area contributed by atoms with Crippen LogP contribution in [0.15, 0.2) is 40.6 Å². The van der Waals surface area contributed by atoms with Crippen molar-refractivity contribution in [2.24, 2.45) is 28.6 Å². The van der Waals surface area contributed by atoms with Crippen LogP contribution in [0.4, 0.5) is 0 Å². The Morgan fingerprint density at radius 1 is 1.12 bits per heavy atom. The van der Waals surface area contributed by atoms with E-state index in [0.29, 0.717) is 23.6 Å². The number of pyridine rings is 1. The highest BCUT2D eigenvalue weighted by Gasteiger charge is 2.59. The van der Waals surface area contributed by atoms with Gasteiger partial charge in [-0.1, -0.05) is 25.5 Å². The summed E-state index contributed by atoms with van der Waals surface area (Å²) in [7, 11) is 0. The van der Waals surface area contributed by atoms with Crippen LogP contribution in [0.25, 0.3) is 11.5 Å². The van der Waals surface area contributed by atoms with Crippen molar-refractivity contribution < 1.29 is 13.9 Å². The molecule has 0 N–H and O–H groups in total. The van der Waals surface area contributed by atoms with E-state index in [-0.39, 0.29) is 22.9 Å². The Morgan fingerprint density at radius 3 is 2.79 bits per heavy atom. The first-order valence-corrected chi connectivity index (χ1v) is 13.0. The van der Waals surface area contributed by atoms with Gasteiger partial charge in [0.25, 0.3) is 0 Å². The van der Waals surface area contributed by atoms with Crippen LogP contribution in [0, 0.1) is 28.6 Å². The fraction of sp³-hybridized carbons (Fsp3) is 0.643. The normalized spacial score (nSPS) is 38.9. The molecular formula is C28H35N3O3. The Hall–Kier alpha value is -2.50. The van der Waals surface area contributed by atoms with Gasteiger partial charge in [-0.05, 0) is 85.7 Å². The molecule has 6 rings (SSSR count). The summed E-state index contributed by atoms with van der Waals surface area (Å²) < 4.78 is 11.8. The fourth-order valence-electron chi connectivity index (χ4n) is 8.35. The zero-order valence-corrected chi connectivity index (χ0v) is 20.5. The predicted octanol–water partition coefficient (Wildman–Crippen LogP) is 6.11. The van der Waals surface area contributed by atoms with E-state index < -0.39 is 0 Å². The average molecular weight is 462 g/mol. The second kappa shape index (κ2) is 8.03. The molecule has 0 spiro atoms. The second-order valence-electron chi connectivity index (χ2n) is 11.6. The molecule has 0 aromatic carbocycles. The first kappa shape index (κ1) is 22.0. The number of aromatic nitrogens is 3. The van der Waals surface area contributed by atoms with Crippen molar-refractivity contribution in [3.05, 3.63) is 42.1 Å². The van der Waals surface area contributed by atoms with E-state index in [4.69, 9.17) is 9.15 Å². The molecule has 4 aliphatic rings. The molecule has 0 saturated heterocycles. The van der Waals surface area contributed by atoms with Crippen molar-refractivity contribution in [2.75, 3.05) is 0 Å². The fourth-order valence-corrected chi connectivity index (χ4v) is 8.35. The number of esters is 1. The molecule has 34 heavy (non-hydrogen) atoms. The van der Waals surface area contributed by atoms with Gasteiger partial charge in [0.2, 0.25) is 11.8 Å². The van der Waals surface area contributed by atoms with Crippen LogP contribution in [0.5, 0.6) is 0 Å². The van der Waals surface area contributed by atoms with Crippen LogP contribution in [0.2, 0.25) is 0 Å². The van der Waals surface area contributed by atoms with E-state index in [9.17, 15) is 4.79 Å². The molecule has 7 atom stereocenters. The molecule has 2 aromatic heterocycles. The molecule has 3 saturated carbocycles. The Morgan fingerprint density at radius 2 is 2.00 bits per heavy atom. The summed E-state index contributed by atoms with van der Waals surface area (Å²) in [6, 6.07) is 3.87. The number of allylic oxidation sites excluding steroid dienone is 1. The van der Waals surface area contributed by atoms with Crippen LogP contribution >= 0.6 is 0 Å². The minimum atomic E-state index is -0.152. The molecule has 0 amide bonds. The number of ether oxygens (including phenoxy) is 1. The van der Waals surface area contributed by atoms with Gasteiger partial charge in [-0.15, -0.1) is 10.2 Å². The second-order valence-corrected chi connectivity index (χ2v) is 11.6. The van der Waals surface area contributed by atoms with Gasteiger partial charge in [0.1, 0.15) is 6.10 Å². The summed E-state index contributed by atoms with van der Waals surface area (Å²) in [4.78, 5) is 15.7. The van der Waals surface area contributed by atoms with Crippen molar-refractivity contribution in [1.82, 2.24) is 15.2 Å². The zero-order valence-electron chi connectivity index (χ0n) is 20.5. The van der Waals surface area contributed by atoms with Crippen molar-refractivity contribution in [3.8, 4) is 11.5 Å². The van der Waals surface area contributed by atoms with Gasteiger partial charge >= 0.3 is 5.97 Å².